The molecule has 1 aromatic heterocycles. The number of carbonyl (C=O) groups excluding carboxylic acids is 1. The van der Waals surface area contributed by atoms with Crippen LogP contribution in [0.2, 0.25) is 0 Å². The molecule has 0 spiro atoms. The van der Waals surface area contributed by atoms with E-state index in [9.17, 15) is 9.18 Å². The van der Waals surface area contributed by atoms with E-state index in [1.165, 1.54) is 18.5 Å². The summed E-state index contributed by atoms with van der Waals surface area (Å²) in [6.07, 6.45) is 3.14. The normalized spacial score (nSPS) is 10.2. The van der Waals surface area contributed by atoms with Gasteiger partial charge >= 0.3 is 0 Å². The van der Waals surface area contributed by atoms with Gasteiger partial charge in [-0.2, -0.15) is 0 Å². The Hall–Kier alpha value is -1.69. The molecular formula is C11H9BrFN3O. The van der Waals surface area contributed by atoms with Gasteiger partial charge in [0.1, 0.15) is 5.82 Å². The van der Waals surface area contributed by atoms with Crippen LogP contribution >= 0.6 is 15.9 Å². The van der Waals surface area contributed by atoms with Crippen LogP contribution in [0, 0.1) is 5.82 Å². The molecule has 0 radical (unpaired) electrons. The van der Waals surface area contributed by atoms with E-state index in [4.69, 9.17) is 0 Å². The number of benzene rings is 1. The van der Waals surface area contributed by atoms with Crippen LogP contribution in [-0.2, 0) is 6.54 Å². The highest BCUT2D eigenvalue weighted by molar-refractivity contribution is 9.10. The minimum Gasteiger partial charge on any atom is -0.347 e. The Balaban J connectivity index is 2.07. The number of rotatable bonds is 3. The molecule has 0 saturated carbocycles. The molecule has 0 atom stereocenters. The molecule has 1 heterocycles. The molecule has 1 aromatic carbocycles. The number of imidazole rings is 1. The zero-order valence-corrected chi connectivity index (χ0v) is 10.3. The molecule has 0 unspecified atom stereocenters. The molecule has 0 aliphatic rings. The SMILES string of the molecule is O=C(NCc1cnc[nH]1)c1cccc(F)c1Br. The molecule has 17 heavy (non-hydrogen) atoms. The van der Waals surface area contributed by atoms with Gasteiger partial charge in [-0.1, -0.05) is 6.07 Å². The van der Waals surface area contributed by atoms with E-state index in [-0.39, 0.29) is 15.9 Å². The Morgan fingerprint density at radius 2 is 2.35 bits per heavy atom. The number of carbonyl (C=O) groups is 1. The molecule has 0 aliphatic carbocycles. The molecule has 0 fully saturated rings. The number of nitrogens with one attached hydrogen (secondary N) is 2. The lowest BCUT2D eigenvalue weighted by atomic mass is 10.2. The molecule has 0 saturated heterocycles. The summed E-state index contributed by atoms with van der Waals surface area (Å²) in [5.41, 5.74) is 1.05. The number of aromatic amines is 1. The number of nitrogens with zero attached hydrogens (tertiary/aromatic N) is 1. The lowest BCUT2D eigenvalue weighted by Gasteiger charge is -2.06. The van der Waals surface area contributed by atoms with Gasteiger partial charge in [0.15, 0.2) is 0 Å². The van der Waals surface area contributed by atoms with Gasteiger partial charge in [-0.15, -0.1) is 0 Å². The first-order valence-electron chi connectivity index (χ1n) is 4.88. The predicted molar refractivity (Wildman–Crippen MR) is 63.9 cm³/mol. The summed E-state index contributed by atoms with van der Waals surface area (Å²) in [5, 5.41) is 2.66. The Kier molecular flexibility index (Phi) is 3.53. The molecule has 2 N–H and O–H groups in total. The maximum Gasteiger partial charge on any atom is 0.252 e. The largest absolute Gasteiger partial charge is 0.347 e. The Morgan fingerprint density at radius 3 is 3.06 bits per heavy atom. The van der Waals surface area contributed by atoms with E-state index in [1.54, 1.807) is 12.3 Å². The molecule has 2 rings (SSSR count). The van der Waals surface area contributed by atoms with E-state index in [0.29, 0.717) is 6.54 Å². The first kappa shape index (κ1) is 11.8. The molecule has 0 bridgehead atoms. The Morgan fingerprint density at radius 1 is 1.53 bits per heavy atom. The predicted octanol–water partition coefficient (Wildman–Crippen LogP) is 2.24. The van der Waals surface area contributed by atoms with E-state index < -0.39 is 5.82 Å². The fraction of sp³-hybridized carbons (Fsp3) is 0.0909. The number of aromatic nitrogens is 2. The summed E-state index contributed by atoms with van der Waals surface area (Å²) in [6, 6.07) is 4.33. The average molecular weight is 298 g/mol. The molecule has 4 nitrogen and oxygen atoms in total. The highest BCUT2D eigenvalue weighted by Crippen LogP contribution is 2.20. The summed E-state index contributed by atoms with van der Waals surface area (Å²) in [4.78, 5) is 18.5. The topological polar surface area (TPSA) is 57.8 Å². The van der Waals surface area contributed by atoms with Gasteiger partial charge in [0, 0.05) is 6.20 Å². The van der Waals surface area contributed by atoms with Gasteiger partial charge in [0.05, 0.1) is 28.6 Å². The van der Waals surface area contributed by atoms with Gasteiger partial charge in [-0.25, -0.2) is 9.37 Å². The van der Waals surface area contributed by atoms with Crippen molar-refractivity contribution in [2.24, 2.45) is 0 Å². The molecular weight excluding hydrogens is 289 g/mol. The molecule has 0 aliphatic heterocycles. The summed E-state index contributed by atoms with van der Waals surface area (Å²) in [5.74, 6) is -0.801. The number of H-pyrrole nitrogens is 1. The summed E-state index contributed by atoms with van der Waals surface area (Å²) in [6.45, 7) is 0.321. The Labute approximate surface area is 105 Å². The van der Waals surface area contributed by atoms with E-state index >= 15 is 0 Å². The molecule has 2 aromatic rings. The second kappa shape index (κ2) is 5.09. The van der Waals surface area contributed by atoms with Crippen LogP contribution in [-0.4, -0.2) is 15.9 Å². The lowest BCUT2D eigenvalue weighted by molar-refractivity contribution is 0.0949. The van der Waals surface area contributed by atoms with Crippen molar-refractivity contribution in [3.8, 4) is 0 Å². The summed E-state index contributed by atoms with van der Waals surface area (Å²) >= 11 is 3.04. The number of halogens is 2. The fourth-order valence-corrected chi connectivity index (χ4v) is 1.78. The van der Waals surface area contributed by atoms with E-state index in [2.05, 4.69) is 31.2 Å². The number of hydrogen-bond acceptors (Lipinski definition) is 2. The second-order valence-corrected chi connectivity index (χ2v) is 4.15. The summed E-state index contributed by atoms with van der Waals surface area (Å²) < 4.78 is 13.4. The molecule has 88 valence electrons. The van der Waals surface area contributed by atoms with Crippen LogP contribution < -0.4 is 5.32 Å². The third kappa shape index (κ3) is 2.71. The second-order valence-electron chi connectivity index (χ2n) is 3.36. The zero-order chi connectivity index (χ0) is 12.3. The van der Waals surface area contributed by atoms with E-state index in [1.807, 2.05) is 0 Å². The third-order valence-electron chi connectivity index (χ3n) is 2.19. The van der Waals surface area contributed by atoms with Gasteiger partial charge in [-0.05, 0) is 28.1 Å². The van der Waals surface area contributed by atoms with Crippen molar-refractivity contribution in [1.82, 2.24) is 15.3 Å². The quantitative estimate of drug-likeness (QED) is 0.913. The third-order valence-corrected chi connectivity index (χ3v) is 3.00. The lowest BCUT2D eigenvalue weighted by Crippen LogP contribution is -2.23. The van der Waals surface area contributed by atoms with Crippen LogP contribution in [0.4, 0.5) is 4.39 Å². The monoisotopic (exact) mass is 297 g/mol. The Bertz CT molecular complexity index is 528. The smallest absolute Gasteiger partial charge is 0.252 e. The van der Waals surface area contributed by atoms with Crippen molar-refractivity contribution in [1.29, 1.82) is 0 Å². The first-order valence-corrected chi connectivity index (χ1v) is 5.67. The number of amides is 1. The van der Waals surface area contributed by atoms with Gasteiger partial charge in [0.25, 0.3) is 5.91 Å². The highest BCUT2D eigenvalue weighted by atomic mass is 79.9. The highest BCUT2D eigenvalue weighted by Gasteiger charge is 2.12. The molecule has 6 heteroatoms. The van der Waals surface area contributed by atoms with E-state index in [0.717, 1.165) is 5.69 Å². The van der Waals surface area contributed by atoms with Gasteiger partial charge in [-0.3, -0.25) is 4.79 Å². The van der Waals surface area contributed by atoms with Crippen LogP contribution in [0.5, 0.6) is 0 Å². The zero-order valence-electron chi connectivity index (χ0n) is 8.71. The van der Waals surface area contributed by atoms with Crippen LogP contribution in [0.1, 0.15) is 16.1 Å². The van der Waals surface area contributed by atoms with Crippen LogP contribution in [0.15, 0.2) is 35.2 Å². The fourth-order valence-electron chi connectivity index (χ4n) is 1.33. The standard InChI is InChI=1S/C11H9BrFN3O/c12-10-8(2-1-3-9(10)13)11(17)15-5-7-4-14-6-16-7/h1-4,6H,5H2,(H,14,16)(H,15,17). The van der Waals surface area contributed by atoms with Crippen molar-refractivity contribution in [2.45, 2.75) is 6.54 Å². The van der Waals surface area contributed by atoms with Gasteiger partial charge in [0.2, 0.25) is 0 Å². The van der Waals surface area contributed by atoms with Crippen molar-refractivity contribution >= 4 is 21.8 Å². The first-order chi connectivity index (χ1) is 8.18. The maximum absolute atomic E-state index is 13.2. The van der Waals surface area contributed by atoms with Crippen molar-refractivity contribution < 1.29 is 9.18 Å². The number of hydrogen-bond donors (Lipinski definition) is 2. The molecule has 1 amide bonds. The maximum atomic E-state index is 13.2. The minimum atomic E-state index is -0.459. The summed E-state index contributed by atoms with van der Waals surface area (Å²) in [7, 11) is 0. The van der Waals surface area contributed by atoms with Crippen molar-refractivity contribution in [3.63, 3.8) is 0 Å². The van der Waals surface area contributed by atoms with Crippen LogP contribution in [0.25, 0.3) is 0 Å². The average Bonchev–Trinajstić information content (AvgIpc) is 2.82. The minimum absolute atomic E-state index is 0.169. The van der Waals surface area contributed by atoms with Crippen molar-refractivity contribution in [2.75, 3.05) is 0 Å². The van der Waals surface area contributed by atoms with Gasteiger partial charge < -0.3 is 10.3 Å². The van der Waals surface area contributed by atoms with Crippen LogP contribution in [0.3, 0.4) is 0 Å². The van der Waals surface area contributed by atoms with Crippen molar-refractivity contribution in [3.05, 3.63) is 52.3 Å².